The summed E-state index contributed by atoms with van der Waals surface area (Å²) in [4.78, 5) is 26.4. The number of amides is 1. The number of halogens is 1. The number of aromatic nitrogens is 5. The zero-order valence-electron chi connectivity index (χ0n) is 14.8. The fourth-order valence-electron chi connectivity index (χ4n) is 2.39. The number of nitrogens with one attached hydrogen (secondary N) is 1. The van der Waals surface area contributed by atoms with E-state index in [4.69, 9.17) is 16.3 Å². The molecule has 0 atom stereocenters. The molecule has 0 radical (unpaired) electrons. The van der Waals surface area contributed by atoms with Crippen molar-refractivity contribution in [1.82, 2.24) is 24.5 Å². The Hall–Kier alpha value is -3.47. The van der Waals surface area contributed by atoms with Crippen molar-refractivity contribution < 1.29 is 14.5 Å². The van der Waals surface area contributed by atoms with Crippen LogP contribution in [0.25, 0.3) is 0 Å². The fraction of sp³-hybridized carbons (Fsp3) is 0.250. The van der Waals surface area contributed by atoms with Gasteiger partial charge in [0.1, 0.15) is 12.5 Å². The largest absolute Gasteiger partial charge is 0.475 e. The van der Waals surface area contributed by atoms with Crippen LogP contribution >= 0.6 is 11.6 Å². The lowest BCUT2D eigenvalue weighted by Crippen LogP contribution is -2.16. The Kier molecular flexibility index (Phi) is 5.84. The van der Waals surface area contributed by atoms with Gasteiger partial charge in [-0.05, 0) is 17.7 Å². The second kappa shape index (κ2) is 8.48. The number of rotatable bonds is 8. The van der Waals surface area contributed by atoms with Crippen LogP contribution in [0.1, 0.15) is 12.0 Å². The Bertz CT molecular complexity index is 983. The van der Waals surface area contributed by atoms with Crippen LogP contribution in [0.2, 0.25) is 5.02 Å². The van der Waals surface area contributed by atoms with E-state index in [1.807, 2.05) is 12.1 Å². The number of aryl methyl sites for hydroxylation is 1. The first kappa shape index (κ1) is 19.3. The number of hydrogen-bond donors (Lipinski definition) is 1. The van der Waals surface area contributed by atoms with Crippen LogP contribution in [0.15, 0.2) is 36.8 Å². The van der Waals surface area contributed by atoms with Crippen LogP contribution in [0.4, 0.5) is 11.6 Å². The van der Waals surface area contributed by atoms with E-state index in [9.17, 15) is 14.9 Å². The molecular weight excluding hydrogens is 390 g/mol. The van der Waals surface area contributed by atoms with E-state index in [0.29, 0.717) is 11.6 Å². The van der Waals surface area contributed by atoms with Crippen molar-refractivity contribution in [2.75, 3.05) is 12.4 Å². The Morgan fingerprint density at radius 2 is 2.04 bits per heavy atom. The summed E-state index contributed by atoms with van der Waals surface area (Å²) < 4.78 is 7.71. The number of methoxy groups -OCH3 is 1. The molecule has 0 aliphatic carbocycles. The molecule has 1 N–H and O–H groups in total. The molecule has 2 aromatic heterocycles. The van der Waals surface area contributed by atoms with Crippen molar-refractivity contribution in [2.45, 2.75) is 19.5 Å². The zero-order valence-corrected chi connectivity index (χ0v) is 15.5. The number of anilines is 1. The first-order chi connectivity index (χ1) is 13.4. The third-order valence-electron chi connectivity index (χ3n) is 3.71. The van der Waals surface area contributed by atoms with Crippen molar-refractivity contribution in [3.05, 3.63) is 57.5 Å². The van der Waals surface area contributed by atoms with Gasteiger partial charge in [-0.25, -0.2) is 9.67 Å². The lowest BCUT2D eigenvalue weighted by molar-refractivity contribution is -0.385. The average molecular weight is 406 g/mol. The summed E-state index contributed by atoms with van der Waals surface area (Å²) in [5.41, 5.74) is 0.729. The fourth-order valence-corrected chi connectivity index (χ4v) is 2.51. The molecule has 3 rings (SSSR count). The number of carbonyl (C=O) groups is 1. The summed E-state index contributed by atoms with van der Waals surface area (Å²) in [6, 6.07) is 7.32. The van der Waals surface area contributed by atoms with Gasteiger partial charge in [-0.2, -0.15) is 0 Å². The van der Waals surface area contributed by atoms with Gasteiger partial charge in [-0.3, -0.25) is 24.9 Å². The highest BCUT2D eigenvalue weighted by Gasteiger charge is 2.20. The van der Waals surface area contributed by atoms with Gasteiger partial charge in [-0.15, -0.1) is 10.2 Å². The van der Waals surface area contributed by atoms with Crippen LogP contribution in [0, 0.1) is 10.1 Å². The molecule has 146 valence electrons. The lowest BCUT2D eigenvalue weighted by Gasteiger charge is -2.02. The van der Waals surface area contributed by atoms with E-state index in [-0.39, 0.29) is 36.4 Å². The highest BCUT2D eigenvalue weighted by atomic mass is 35.5. The van der Waals surface area contributed by atoms with Gasteiger partial charge >= 0.3 is 11.6 Å². The molecule has 0 aliphatic heterocycles. The minimum Gasteiger partial charge on any atom is -0.475 e. The maximum atomic E-state index is 12.1. The van der Waals surface area contributed by atoms with Crippen molar-refractivity contribution >= 4 is 29.1 Å². The van der Waals surface area contributed by atoms with E-state index in [1.165, 1.54) is 24.3 Å². The zero-order chi connectivity index (χ0) is 20.1. The SMILES string of the molecule is COc1nn(CCC(=O)Nc2ncn(Cc3ccc(Cl)cc3)n2)cc1[N+](=O)[O-]. The standard InChI is InChI=1S/C16H16ClN7O4/c1-28-15-13(24(26)27)9-22(20-15)7-6-14(25)19-16-18-10-23(21-16)8-11-2-4-12(17)5-3-11/h2-5,9-10H,6-8H2,1H3,(H,19,21,25). The minimum absolute atomic E-state index is 0.0354. The molecule has 2 heterocycles. The first-order valence-corrected chi connectivity index (χ1v) is 8.52. The molecule has 0 bridgehead atoms. The van der Waals surface area contributed by atoms with Crippen LogP contribution in [0.3, 0.4) is 0 Å². The van der Waals surface area contributed by atoms with Crippen molar-refractivity contribution in [1.29, 1.82) is 0 Å². The second-order valence-electron chi connectivity index (χ2n) is 5.73. The molecule has 0 spiro atoms. The number of benzene rings is 1. The molecule has 28 heavy (non-hydrogen) atoms. The van der Waals surface area contributed by atoms with Crippen molar-refractivity contribution in [3.8, 4) is 5.88 Å². The molecule has 12 heteroatoms. The summed E-state index contributed by atoms with van der Waals surface area (Å²) in [6.07, 6.45) is 2.75. The van der Waals surface area contributed by atoms with Crippen LogP contribution < -0.4 is 10.1 Å². The molecular formula is C16H16ClN7O4. The second-order valence-corrected chi connectivity index (χ2v) is 6.17. The smallest absolute Gasteiger partial charge is 0.350 e. The molecule has 0 saturated carbocycles. The first-order valence-electron chi connectivity index (χ1n) is 8.14. The average Bonchev–Trinajstić information content (AvgIpc) is 3.28. The summed E-state index contributed by atoms with van der Waals surface area (Å²) in [5, 5.41) is 22.2. The van der Waals surface area contributed by atoms with Gasteiger partial charge < -0.3 is 4.74 Å². The molecule has 1 aromatic carbocycles. The molecule has 0 saturated heterocycles. The van der Waals surface area contributed by atoms with Gasteiger partial charge in [0.15, 0.2) is 0 Å². The van der Waals surface area contributed by atoms with E-state index in [0.717, 1.165) is 5.56 Å². The predicted molar refractivity (Wildman–Crippen MR) is 99.3 cm³/mol. The topological polar surface area (TPSA) is 130 Å². The van der Waals surface area contributed by atoms with Gasteiger partial charge in [0.05, 0.1) is 25.1 Å². The number of carbonyl (C=O) groups excluding carboxylic acids is 1. The van der Waals surface area contributed by atoms with E-state index in [1.54, 1.807) is 16.8 Å². The number of ether oxygens (including phenoxy) is 1. The normalized spacial score (nSPS) is 10.6. The Labute approximate surface area is 164 Å². The van der Waals surface area contributed by atoms with E-state index >= 15 is 0 Å². The highest BCUT2D eigenvalue weighted by Crippen LogP contribution is 2.24. The highest BCUT2D eigenvalue weighted by molar-refractivity contribution is 6.30. The molecule has 1 amide bonds. The maximum Gasteiger partial charge on any atom is 0.350 e. The van der Waals surface area contributed by atoms with Crippen molar-refractivity contribution in [3.63, 3.8) is 0 Å². The molecule has 0 aliphatic rings. The quantitative estimate of drug-likeness (QED) is 0.448. The van der Waals surface area contributed by atoms with Gasteiger partial charge in [0.2, 0.25) is 11.9 Å². The van der Waals surface area contributed by atoms with Crippen LogP contribution in [-0.2, 0) is 17.9 Å². The Balaban J connectivity index is 1.53. The van der Waals surface area contributed by atoms with Gasteiger partial charge in [0.25, 0.3) is 0 Å². The van der Waals surface area contributed by atoms with Gasteiger partial charge in [0, 0.05) is 11.4 Å². The molecule has 0 fully saturated rings. The number of hydrogen-bond acceptors (Lipinski definition) is 7. The summed E-state index contributed by atoms with van der Waals surface area (Å²) in [5.74, 6) is -0.280. The summed E-state index contributed by atoms with van der Waals surface area (Å²) >= 11 is 5.86. The maximum absolute atomic E-state index is 12.1. The molecule has 3 aromatic rings. The third-order valence-corrected chi connectivity index (χ3v) is 3.97. The van der Waals surface area contributed by atoms with E-state index < -0.39 is 4.92 Å². The van der Waals surface area contributed by atoms with E-state index in [2.05, 4.69) is 20.5 Å². The lowest BCUT2D eigenvalue weighted by atomic mass is 10.2. The number of nitro groups is 1. The summed E-state index contributed by atoms with van der Waals surface area (Å²) in [6.45, 7) is 0.623. The van der Waals surface area contributed by atoms with Crippen LogP contribution in [0.5, 0.6) is 5.88 Å². The third kappa shape index (κ3) is 4.82. The Morgan fingerprint density at radius 1 is 1.29 bits per heavy atom. The predicted octanol–water partition coefficient (Wildman–Crippen LogP) is 2.12. The molecule has 0 unspecified atom stereocenters. The minimum atomic E-state index is -0.598. The Morgan fingerprint density at radius 3 is 2.68 bits per heavy atom. The number of nitrogens with zero attached hydrogens (tertiary/aromatic N) is 6. The molecule has 11 nitrogen and oxygen atoms in total. The van der Waals surface area contributed by atoms with Crippen LogP contribution in [-0.4, -0.2) is 42.5 Å². The monoisotopic (exact) mass is 405 g/mol. The van der Waals surface area contributed by atoms with Crippen molar-refractivity contribution in [2.24, 2.45) is 0 Å². The van der Waals surface area contributed by atoms with Gasteiger partial charge in [-0.1, -0.05) is 23.7 Å². The summed E-state index contributed by atoms with van der Waals surface area (Å²) in [7, 11) is 1.29.